The third-order valence-corrected chi connectivity index (χ3v) is 3.55. The van der Waals surface area contributed by atoms with E-state index in [0.717, 1.165) is 12.0 Å². The first-order valence-electron chi connectivity index (χ1n) is 5.12. The first-order valence-corrected chi connectivity index (χ1v) is 6.77. The molecule has 1 aromatic rings. The van der Waals surface area contributed by atoms with Crippen molar-refractivity contribution >= 4 is 10.0 Å². The zero-order chi connectivity index (χ0) is 11.1. The fraction of sp³-hybridized carbons (Fsp3) is 0.600. The molecule has 15 heavy (non-hydrogen) atoms. The van der Waals surface area contributed by atoms with E-state index in [1.807, 2.05) is 13.0 Å². The summed E-state index contributed by atoms with van der Waals surface area (Å²) in [5.74, 6) is 0.217. The van der Waals surface area contributed by atoms with Crippen molar-refractivity contribution in [2.75, 3.05) is 12.3 Å². The summed E-state index contributed by atoms with van der Waals surface area (Å²) >= 11 is 0. The number of nitrogens with one attached hydrogen (secondary N) is 1. The maximum Gasteiger partial charge on any atom is 0.211 e. The van der Waals surface area contributed by atoms with E-state index in [4.69, 9.17) is 4.42 Å². The van der Waals surface area contributed by atoms with E-state index in [0.29, 0.717) is 19.4 Å². The van der Waals surface area contributed by atoms with Gasteiger partial charge >= 0.3 is 0 Å². The lowest BCUT2D eigenvalue weighted by molar-refractivity contribution is 0.562. The molecule has 4 nitrogen and oxygen atoms in total. The molecule has 0 spiro atoms. The van der Waals surface area contributed by atoms with Crippen LogP contribution in [0, 0.1) is 0 Å². The molecule has 1 N–H and O–H groups in total. The fourth-order valence-electron chi connectivity index (χ4n) is 1.19. The molecular formula is C10H17NO3S. The molecule has 1 aromatic heterocycles. The lowest BCUT2D eigenvalue weighted by Gasteiger charge is -2.04. The Morgan fingerprint density at radius 3 is 2.87 bits per heavy atom. The third-order valence-electron chi connectivity index (χ3n) is 2.08. The van der Waals surface area contributed by atoms with Crippen LogP contribution in [0.15, 0.2) is 23.0 Å². The van der Waals surface area contributed by atoms with Crippen molar-refractivity contribution in [2.45, 2.75) is 26.2 Å². The van der Waals surface area contributed by atoms with Gasteiger partial charge in [0.1, 0.15) is 0 Å². The highest BCUT2D eigenvalue weighted by Gasteiger charge is 2.08. The second kappa shape index (κ2) is 5.92. The molecule has 0 saturated carbocycles. The largest absolute Gasteiger partial charge is 0.472 e. The summed E-state index contributed by atoms with van der Waals surface area (Å²) in [5.41, 5.74) is 1.01. The number of hydrogen-bond acceptors (Lipinski definition) is 3. The van der Waals surface area contributed by atoms with Crippen LogP contribution in [-0.4, -0.2) is 20.7 Å². The first kappa shape index (κ1) is 12.3. The Kier molecular flexibility index (Phi) is 4.84. The molecule has 1 heterocycles. The number of rotatable bonds is 7. The lowest BCUT2D eigenvalue weighted by Crippen LogP contribution is -2.28. The SMILES string of the molecule is CCCCS(=O)(=O)NCCc1ccoc1. The molecule has 0 aliphatic carbocycles. The normalized spacial score (nSPS) is 11.8. The average Bonchev–Trinajstić information content (AvgIpc) is 2.67. The summed E-state index contributed by atoms with van der Waals surface area (Å²) < 4.78 is 30.2. The van der Waals surface area contributed by atoms with Gasteiger partial charge in [-0.1, -0.05) is 13.3 Å². The van der Waals surface area contributed by atoms with Gasteiger partial charge in [-0.3, -0.25) is 0 Å². The Morgan fingerprint density at radius 1 is 1.47 bits per heavy atom. The molecule has 0 aromatic carbocycles. The maximum absolute atomic E-state index is 11.4. The van der Waals surface area contributed by atoms with Crippen molar-refractivity contribution in [3.05, 3.63) is 24.2 Å². The number of hydrogen-bond donors (Lipinski definition) is 1. The van der Waals surface area contributed by atoms with Crippen molar-refractivity contribution in [1.82, 2.24) is 4.72 Å². The predicted molar refractivity (Wildman–Crippen MR) is 59.1 cm³/mol. The van der Waals surface area contributed by atoms with E-state index in [1.54, 1.807) is 12.5 Å². The van der Waals surface area contributed by atoms with Gasteiger partial charge in [-0.15, -0.1) is 0 Å². The monoisotopic (exact) mass is 231 g/mol. The first-order chi connectivity index (χ1) is 7.14. The van der Waals surface area contributed by atoms with Gasteiger partial charge < -0.3 is 4.42 Å². The fourth-order valence-corrected chi connectivity index (χ4v) is 2.42. The van der Waals surface area contributed by atoms with Gasteiger partial charge in [0, 0.05) is 6.54 Å². The topological polar surface area (TPSA) is 59.3 Å². The Labute approximate surface area is 90.7 Å². The molecule has 0 aliphatic heterocycles. The van der Waals surface area contributed by atoms with E-state index in [2.05, 4.69) is 4.72 Å². The molecule has 0 amide bonds. The minimum Gasteiger partial charge on any atom is -0.472 e. The second-order valence-electron chi connectivity index (χ2n) is 3.45. The lowest BCUT2D eigenvalue weighted by atomic mass is 10.2. The molecule has 0 fully saturated rings. The zero-order valence-corrected chi connectivity index (χ0v) is 9.72. The van der Waals surface area contributed by atoms with Gasteiger partial charge in [0.15, 0.2) is 0 Å². The van der Waals surface area contributed by atoms with Crippen molar-refractivity contribution in [3.8, 4) is 0 Å². The Bertz CT molecular complexity index is 356. The highest BCUT2D eigenvalue weighted by atomic mass is 32.2. The van der Waals surface area contributed by atoms with Crippen LogP contribution >= 0.6 is 0 Å². The van der Waals surface area contributed by atoms with Crippen LogP contribution in [0.2, 0.25) is 0 Å². The highest BCUT2D eigenvalue weighted by molar-refractivity contribution is 7.89. The van der Waals surface area contributed by atoms with Gasteiger partial charge in [0.25, 0.3) is 0 Å². The summed E-state index contributed by atoms with van der Waals surface area (Å²) in [6, 6.07) is 1.83. The summed E-state index contributed by atoms with van der Waals surface area (Å²) in [4.78, 5) is 0. The average molecular weight is 231 g/mol. The van der Waals surface area contributed by atoms with E-state index in [9.17, 15) is 8.42 Å². The molecule has 5 heteroatoms. The van der Waals surface area contributed by atoms with Gasteiger partial charge in [0.05, 0.1) is 18.3 Å². The van der Waals surface area contributed by atoms with E-state index in [-0.39, 0.29) is 5.75 Å². The van der Waals surface area contributed by atoms with Crippen LogP contribution in [-0.2, 0) is 16.4 Å². The summed E-state index contributed by atoms with van der Waals surface area (Å²) in [6.07, 6.45) is 5.48. The van der Waals surface area contributed by atoms with Crippen LogP contribution in [0.25, 0.3) is 0 Å². The van der Waals surface area contributed by atoms with Crippen molar-refractivity contribution in [1.29, 1.82) is 0 Å². The molecule has 0 bridgehead atoms. The van der Waals surface area contributed by atoms with Crippen LogP contribution in [0.5, 0.6) is 0 Å². The van der Waals surface area contributed by atoms with Crippen LogP contribution in [0.1, 0.15) is 25.3 Å². The Hall–Kier alpha value is -0.810. The molecular weight excluding hydrogens is 214 g/mol. The smallest absolute Gasteiger partial charge is 0.211 e. The van der Waals surface area contributed by atoms with Gasteiger partial charge in [-0.05, 0) is 24.5 Å². The summed E-state index contributed by atoms with van der Waals surface area (Å²) in [7, 11) is -3.08. The van der Waals surface area contributed by atoms with Gasteiger partial charge in [0.2, 0.25) is 10.0 Å². The molecule has 0 atom stereocenters. The van der Waals surface area contributed by atoms with Crippen molar-refractivity contribution < 1.29 is 12.8 Å². The third kappa shape index (κ3) is 4.99. The number of sulfonamides is 1. The second-order valence-corrected chi connectivity index (χ2v) is 5.37. The van der Waals surface area contributed by atoms with Crippen LogP contribution in [0.3, 0.4) is 0 Å². The number of unbranched alkanes of at least 4 members (excludes halogenated alkanes) is 1. The molecule has 0 saturated heterocycles. The maximum atomic E-state index is 11.4. The van der Waals surface area contributed by atoms with E-state index < -0.39 is 10.0 Å². The number of furan rings is 1. The quantitative estimate of drug-likeness (QED) is 0.774. The van der Waals surface area contributed by atoms with Gasteiger partial charge in [-0.25, -0.2) is 13.1 Å². The zero-order valence-electron chi connectivity index (χ0n) is 8.90. The van der Waals surface area contributed by atoms with Crippen molar-refractivity contribution in [3.63, 3.8) is 0 Å². The molecule has 0 radical (unpaired) electrons. The molecule has 0 unspecified atom stereocenters. The minimum atomic E-state index is -3.08. The van der Waals surface area contributed by atoms with Crippen LogP contribution < -0.4 is 4.72 Å². The predicted octanol–water partition coefficient (Wildman–Crippen LogP) is 1.54. The minimum absolute atomic E-state index is 0.217. The van der Waals surface area contributed by atoms with Crippen LogP contribution in [0.4, 0.5) is 0 Å². The summed E-state index contributed by atoms with van der Waals surface area (Å²) in [5, 5.41) is 0. The summed E-state index contributed by atoms with van der Waals surface area (Å²) in [6.45, 7) is 2.41. The standard InChI is InChI=1S/C10H17NO3S/c1-2-3-8-15(12,13)11-6-4-10-5-7-14-9-10/h5,7,9,11H,2-4,6,8H2,1H3. The molecule has 1 rings (SSSR count). The van der Waals surface area contributed by atoms with E-state index in [1.165, 1.54) is 0 Å². The van der Waals surface area contributed by atoms with E-state index >= 15 is 0 Å². The highest BCUT2D eigenvalue weighted by Crippen LogP contribution is 2.00. The van der Waals surface area contributed by atoms with Gasteiger partial charge in [-0.2, -0.15) is 0 Å². The Morgan fingerprint density at radius 2 is 2.27 bits per heavy atom. The molecule has 0 aliphatic rings. The Balaban J connectivity index is 2.24. The molecule has 86 valence electrons. The van der Waals surface area contributed by atoms with Crippen molar-refractivity contribution in [2.24, 2.45) is 0 Å².